The van der Waals surface area contributed by atoms with Crippen molar-refractivity contribution in [2.24, 2.45) is 0 Å². The monoisotopic (exact) mass is 806 g/mol. The van der Waals surface area contributed by atoms with Crippen LogP contribution in [0, 0.1) is 39.8 Å². The van der Waals surface area contributed by atoms with Crippen LogP contribution >= 0.6 is 0 Å². The Morgan fingerprint density at radius 2 is 1.46 bits per heavy atom. The molecule has 7 aromatic rings. The van der Waals surface area contributed by atoms with Crippen LogP contribution in [0.4, 0.5) is 0 Å². The van der Waals surface area contributed by atoms with Crippen LogP contribution in [-0.2, 0) is 38.7 Å². The Bertz CT molecular complexity index is 2420. The number of para-hydroxylation sites is 1. The molecule has 0 amide bonds. The van der Waals surface area contributed by atoms with E-state index in [0.29, 0.717) is 11.5 Å². The number of pyridine rings is 1. The van der Waals surface area contributed by atoms with E-state index in [1.165, 1.54) is 39.1 Å². The first-order valence-corrected chi connectivity index (χ1v) is 19.3. The van der Waals surface area contributed by atoms with Crippen molar-refractivity contribution in [3.8, 4) is 34.1 Å². The van der Waals surface area contributed by atoms with Gasteiger partial charge in [0.1, 0.15) is 5.82 Å². The van der Waals surface area contributed by atoms with Gasteiger partial charge in [0.15, 0.2) is 0 Å². The molecule has 0 atom stereocenters. The van der Waals surface area contributed by atoms with E-state index in [-0.39, 0.29) is 25.8 Å². The van der Waals surface area contributed by atoms with Crippen molar-refractivity contribution in [3.63, 3.8) is 0 Å². The molecule has 4 aromatic carbocycles. The van der Waals surface area contributed by atoms with Crippen LogP contribution in [0.15, 0.2) is 79.0 Å². The Labute approximate surface area is 335 Å². The zero-order valence-corrected chi connectivity index (χ0v) is 34.8. The van der Waals surface area contributed by atoms with Crippen LogP contribution in [0.25, 0.3) is 44.4 Å². The van der Waals surface area contributed by atoms with Crippen LogP contribution in [0.5, 0.6) is 11.5 Å². The average Bonchev–Trinajstić information content (AvgIpc) is 3.62. The minimum absolute atomic E-state index is 0. The van der Waals surface area contributed by atoms with E-state index in [2.05, 4.69) is 150 Å². The van der Waals surface area contributed by atoms with Crippen molar-refractivity contribution in [1.82, 2.24) is 19.3 Å². The summed E-state index contributed by atoms with van der Waals surface area (Å²) in [7, 11) is 0. The number of unbranched alkanes of at least 4 members (excludes halogenated alkanes) is 2. The minimum atomic E-state index is -0.130. The number of hydrogen-bond acceptors (Lipinski definition) is 3. The van der Waals surface area contributed by atoms with Gasteiger partial charge in [0.05, 0.1) is 5.69 Å². The second-order valence-corrected chi connectivity index (χ2v) is 15.7. The van der Waals surface area contributed by atoms with E-state index < -0.39 is 0 Å². The number of aromatic nitrogens is 4. The molecule has 0 bridgehead atoms. The summed E-state index contributed by atoms with van der Waals surface area (Å²) in [6, 6.07) is 33.3. The first-order chi connectivity index (χ1) is 25.5. The van der Waals surface area contributed by atoms with Crippen molar-refractivity contribution in [3.05, 3.63) is 130 Å². The largest absolute Gasteiger partial charge is 2.00 e. The Hall–Kier alpha value is -4.50. The summed E-state index contributed by atoms with van der Waals surface area (Å²) in [5, 5.41) is 7.51. The maximum atomic E-state index is 6.76. The number of hydrogen-bond donors (Lipinski definition) is 0. The summed E-state index contributed by atoms with van der Waals surface area (Å²) in [5.41, 5.74) is 13.9. The molecule has 5 nitrogen and oxygen atoms in total. The summed E-state index contributed by atoms with van der Waals surface area (Å²) < 4.78 is 11.1. The first-order valence-electron chi connectivity index (χ1n) is 19.3. The smallest absolute Gasteiger partial charge is 0.509 e. The van der Waals surface area contributed by atoms with Crippen molar-refractivity contribution in [2.75, 3.05) is 0 Å². The van der Waals surface area contributed by atoms with Crippen LogP contribution < -0.4 is 4.74 Å². The summed E-state index contributed by atoms with van der Waals surface area (Å²) in [5.74, 6) is 2.17. The second-order valence-electron chi connectivity index (χ2n) is 15.7. The van der Waals surface area contributed by atoms with Crippen LogP contribution in [0.1, 0.15) is 99.5 Å². The molecule has 280 valence electrons. The molecule has 0 saturated heterocycles. The molecule has 0 fully saturated rings. The number of nitrogens with zero attached hydrogens (tertiary/aromatic N) is 4. The fourth-order valence-electron chi connectivity index (χ4n) is 7.79. The maximum Gasteiger partial charge on any atom is 2.00 e. The number of ether oxygens (including phenoxy) is 1. The number of aryl methyl sites for hydroxylation is 5. The number of rotatable bonds is 11. The molecular weight excluding hydrogens is 755 g/mol. The standard InChI is InChI=1S/C48H52N4O.Pd/c1-10-12-16-35-22-23-49-45(26-35)51-42-19-15-14-17-40(42)41-21-20-38(30-44(41)51)53-39-28-36(48(7,8)9)27-37(29-39)52-43(18-13-11-2)47(34(6)50-52)46-32(4)24-31(3)25-33(46)5;/h14-15,17,19-28H,10-13,16,18H2,1-9H3;/q-2;+2. The third-order valence-corrected chi connectivity index (χ3v) is 10.4. The molecule has 0 radical (unpaired) electrons. The Morgan fingerprint density at radius 3 is 2.19 bits per heavy atom. The Balaban J connectivity index is 0.00000497. The van der Waals surface area contributed by atoms with Gasteiger partial charge >= 0.3 is 20.4 Å². The van der Waals surface area contributed by atoms with Gasteiger partial charge in [0.2, 0.25) is 0 Å². The third-order valence-electron chi connectivity index (χ3n) is 10.4. The van der Waals surface area contributed by atoms with Crippen molar-refractivity contribution in [2.45, 2.75) is 106 Å². The van der Waals surface area contributed by atoms with E-state index in [9.17, 15) is 0 Å². The molecule has 0 saturated carbocycles. The number of benzene rings is 4. The molecule has 7 rings (SSSR count). The molecule has 54 heavy (non-hydrogen) atoms. The van der Waals surface area contributed by atoms with Gasteiger partial charge in [0.25, 0.3) is 0 Å². The van der Waals surface area contributed by atoms with E-state index in [4.69, 9.17) is 14.8 Å². The summed E-state index contributed by atoms with van der Waals surface area (Å²) in [4.78, 5) is 4.85. The Morgan fingerprint density at radius 1 is 0.741 bits per heavy atom. The van der Waals surface area contributed by atoms with Gasteiger partial charge in [-0.3, -0.25) is 4.68 Å². The number of fused-ring (bicyclic) bond motifs is 3. The zero-order chi connectivity index (χ0) is 37.4. The quantitative estimate of drug-likeness (QED) is 0.0966. The van der Waals surface area contributed by atoms with Crippen LogP contribution in [0.2, 0.25) is 0 Å². The van der Waals surface area contributed by atoms with Crippen LogP contribution in [-0.4, -0.2) is 19.3 Å². The third kappa shape index (κ3) is 7.70. The van der Waals surface area contributed by atoms with Crippen molar-refractivity contribution < 1.29 is 25.2 Å². The van der Waals surface area contributed by atoms with E-state index in [0.717, 1.165) is 83.1 Å². The van der Waals surface area contributed by atoms with Crippen molar-refractivity contribution >= 4 is 21.8 Å². The molecular formula is C48H52N4OPd. The average molecular weight is 807 g/mol. The maximum absolute atomic E-state index is 6.76. The summed E-state index contributed by atoms with van der Waals surface area (Å²) in [6.45, 7) is 20.0. The molecule has 0 aliphatic rings. The van der Waals surface area contributed by atoms with E-state index in [1.54, 1.807) is 0 Å². The summed E-state index contributed by atoms with van der Waals surface area (Å²) >= 11 is 0. The van der Waals surface area contributed by atoms with Gasteiger partial charge in [-0.05, 0) is 110 Å². The molecule has 0 aliphatic carbocycles. The molecule has 0 spiro atoms. The normalized spacial score (nSPS) is 11.7. The zero-order valence-electron chi connectivity index (χ0n) is 33.3. The molecule has 3 heterocycles. The van der Waals surface area contributed by atoms with Gasteiger partial charge < -0.3 is 9.30 Å². The minimum Gasteiger partial charge on any atom is -0.509 e. The molecule has 6 heteroatoms. The molecule has 0 N–H and O–H groups in total. The predicted octanol–water partition coefficient (Wildman–Crippen LogP) is 12.6. The fraction of sp³-hybridized carbons (Fsp3) is 0.333. The van der Waals surface area contributed by atoms with E-state index >= 15 is 0 Å². The Kier molecular flexibility index (Phi) is 11.7. The molecule has 3 aromatic heterocycles. The molecule has 0 aliphatic heterocycles. The first kappa shape index (κ1) is 39.2. The fourth-order valence-corrected chi connectivity index (χ4v) is 7.79. The molecule has 0 unspecified atom stereocenters. The summed E-state index contributed by atoms with van der Waals surface area (Å²) in [6.07, 6.45) is 8.36. The van der Waals surface area contributed by atoms with Crippen LogP contribution in [0.3, 0.4) is 0 Å². The van der Waals surface area contributed by atoms with Gasteiger partial charge in [-0.1, -0.05) is 88.9 Å². The van der Waals surface area contributed by atoms with Crippen molar-refractivity contribution in [1.29, 1.82) is 0 Å². The van der Waals surface area contributed by atoms with Gasteiger partial charge in [0, 0.05) is 34.5 Å². The van der Waals surface area contributed by atoms with Gasteiger partial charge in [-0.15, -0.1) is 41.3 Å². The predicted molar refractivity (Wildman–Crippen MR) is 220 cm³/mol. The van der Waals surface area contributed by atoms with Gasteiger partial charge in [-0.2, -0.15) is 11.2 Å². The SMILES string of the molecule is CCCCc1ccnc(-n2c3[c-]c(Oc4[c-]c(-n5nc(C)c(-c6c(C)cc(C)cc6C)c5CCCC)cc(C(C)(C)C)c4)ccc3c3ccccc32)c1.[Pd+2]. The van der Waals surface area contributed by atoms with Gasteiger partial charge in [-0.25, -0.2) is 4.98 Å². The van der Waals surface area contributed by atoms with E-state index in [1.807, 2.05) is 12.3 Å². The second kappa shape index (κ2) is 16.1. The topological polar surface area (TPSA) is 44.9 Å².